The molecule has 0 bridgehead atoms. The predicted molar refractivity (Wildman–Crippen MR) is 82.0 cm³/mol. The summed E-state index contributed by atoms with van der Waals surface area (Å²) in [5.41, 5.74) is 2.31. The van der Waals surface area contributed by atoms with Crippen molar-refractivity contribution in [3.63, 3.8) is 0 Å². The minimum Gasteiger partial charge on any atom is -0.485 e. The Bertz CT molecular complexity index is 825. The van der Waals surface area contributed by atoms with Crippen LogP contribution in [0.4, 0.5) is 0 Å². The third-order valence-electron chi connectivity index (χ3n) is 3.13. The van der Waals surface area contributed by atoms with Crippen molar-refractivity contribution in [2.24, 2.45) is 0 Å². The molecule has 2 heterocycles. The first kappa shape index (κ1) is 13.8. The zero-order valence-corrected chi connectivity index (χ0v) is 11.6. The minimum atomic E-state index is -0.505. The van der Waals surface area contributed by atoms with Gasteiger partial charge in [-0.1, -0.05) is 30.3 Å². The molecule has 0 amide bonds. The van der Waals surface area contributed by atoms with Crippen molar-refractivity contribution < 1.29 is 9.66 Å². The van der Waals surface area contributed by atoms with Crippen LogP contribution in [0.3, 0.4) is 0 Å². The first-order chi connectivity index (χ1) is 10.7. The molecule has 0 saturated heterocycles. The highest BCUT2D eigenvalue weighted by Crippen LogP contribution is 2.21. The molecule has 0 aliphatic rings. The molecule has 0 radical (unpaired) electrons. The molecule has 0 aliphatic heterocycles. The number of nitro groups is 1. The van der Waals surface area contributed by atoms with Crippen LogP contribution in [0.25, 0.3) is 11.7 Å². The third-order valence-corrected chi connectivity index (χ3v) is 3.13. The summed E-state index contributed by atoms with van der Waals surface area (Å²) in [6.45, 7) is 0.438. The number of pyridine rings is 1. The topological polar surface area (TPSA) is 69.7 Å². The summed E-state index contributed by atoms with van der Waals surface area (Å²) in [6.07, 6.45) is 5.66. The second-order valence-corrected chi connectivity index (χ2v) is 4.62. The van der Waals surface area contributed by atoms with Crippen LogP contribution in [-0.4, -0.2) is 14.3 Å². The standard InChI is InChI=1S/C16H13N3O3/c20-19(21)10-8-14-11-17-16-15(7-4-9-18(14)16)22-12-13-5-2-1-3-6-13/h1-11H,12H2/b10-8+. The lowest BCUT2D eigenvalue weighted by atomic mass is 10.2. The number of rotatable bonds is 5. The van der Waals surface area contributed by atoms with Gasteiger partial charge >= 0.3 is 0 Å². The van der Waals surface area contributed by atoms with Gasteiger partial charge in [0.1, 0.15) is 6.61 Å². The lowest BCUT2D eigenvalue weighted by molar-refractivity contribution is -0.401. The summed E-state index contributed by atoms with van der Waals surface area (Å²) in [7, 11) is 0. The zero-order valence-electron chi connectivity index (χ0n) is 11.6. The second-order valence-electron chi connectivity index (χ2n) is 4.62. The summed E-state index contributed by atoms with van der Waals surface area (Å²) in [5.74, 6) is 0.632. The molecule has 1 aromatic carbocycles. The number of benzene rings is 1. The van der Waals surface area contributed by atoms with Crippen molar-refractivity contribution in [2.45, 2.75) is 6.61 Å². The maximum absolute atomic E-state index is 10.4. The van der Waals surface area contributed by atoms with Gasteiger partial charge in [0.05, 0.1) is 16.8 Å². The SMILES string of the molecule is O=[N+]([O-])/C=C/c1cnc2c(OCc3ccccc3)cccn12. The van der Waals surface area contributed by atoms with Gasteiger partial charge in [-0.25, -0.2) is 4.98 Å². The van der Waals surface area contributed by atoms with Crippen molar-refractivity contribution in [3.05, 3.63) is 82.4 Å². The molecule has 22 heavy (non-hydrogen) atoms. The molecule has 0 atom stereocenters. The molecule has 2 aromatic heterocycles. The van der Waals surface area contributed by atoms with Crippen molar-refractivity contribution in [2.75, 3.05) is 0 Å². The molecule has 6 nitrogen and oxygen atoms in total. The van der Waals surface area contributed by atoms with Gasteiger partial charge in [0.15, 0.2) is 11.4 Å². The summed E-state index contributed by atoms with van der Waals surface area (Å²) < 4.78 is 7.55. The summed E-state index contributed by atoms with van der Waals surface area (Å²) >= 11 is 0. The monoisotopic (exact) mass is 295 g/mol. The van der Waals surface area contributed by atoms with E-state index in [1.807, 2.05) is 42.5 Å². The molecule has 0 spiro atoms. The Balaban J connectivity index is 1.86. The maximum atomic E-state index is 10.4. The van der Waals surface area contributed by atoms with Crippen molar-refractivity contribution in [1.29, 1.82) is 0 Å². The fourth-order valence-electron chi connectivity index (χ4n) is 2.11. The molecule has 110 valence electrons. The number of ether oxygens (including phenoxy) is 1. The van der Waals surface area contributed by atoms with E-state index in [4.69, 9.17) is 4.74 Å². The molecule has 0 aliphatic carbocycles. The van der Waals surface area contributed by atoms with E-state index in [-0.39, 0.29) is 0 Å². The number of fused-ring (bicyclic) bond motifs is 1. The van der Waals surface area contributed by atoms with Crippen LogP contribution >= 0.6 is 0 Å². The van der Waals surface area contributed by atoms with E-state index in [1.165, 1.54) is 6.08 Å². The quantitative estimate of drug-likeness (QED) is 0.535. The fraction of sp³-hybridized carbons (Fsp3) is 0.0625. The minimum absolute atomic E-state index is 0.438. The number of hydrogen-bond acceptors (Lipinski definition) is 4. The Morgan fingerprint density at radius 2 is 2.05 bits per heavy atom. The molecule has 0 saturated carbocycles. The molecule has 0 N–H and O–H groups in total. The molecule has 3 aromatic rings. The summed E-state index contributed by atoms with van der Waals surface area (Å²) in [5, 5.41) is 10.4. The molecule has 0 unspecified atom stereocenters. The van der Waals surface area contributed by atoms with Crippen LogP contribution in [0.15, 0.2) is 61.1 Å². The molecular weight excluding hydrogens is 282 g/mol. The van der Waals surface area contributed by atoms with E-state index < -0.39 is 4.92 Å². The van der Waals surface area contributed by atoms with Gasteiger partial charge in [0, 0.05) is 12.3 Å². The van der Waals surface area contributed by atoms with Crippen molar-refractivity contribution in [1.82, 2.24) is 9.38 Å². The number of aromatic nitrogens is 2. The Morgan fingerprint density at radius 3 is 2.82 bits per heavy atom. The largest absolute Gasteiger partial charge is 0.485 e. The molecule has 0 fully saturated rings. The number of imidazole rings is 1. The van der Waals surface area contributed by atoms with Gasteiger partial charge in [0.25, 0.3) is 0 Å². The average Bonchev–Trinajstić information content (AvgIpc) is 2.95. The van der Waals surface area contributed by atoms with Gasteiger partial charge in [-0.3, -0.25) is 14.5 Å². The second kappa shape index (κ2) is 6.09. The van der Waals surface area contributed by atoms with Crippen LogP contribution < -0.4 is 4.74 Å². The average molecular weight is 295 g/mol. The van der Waals surface area contributed by atoms with Crippen LogP contribution in [0, 0.1) is 10.1 Å². The van der Waals surface area contributed by atoms with Crippen molar-refractivity contribution >= 4 is 11.7 Å². The number of nitrogens with zero attached hydrogens (tertiary/aromatic N) is 3. The van der Waals surface area contributed by atoms with Crippen molar-refractivity contribution in [3.8, 4) is 5.75 Å². The van der Waals surface area contributed by atoms with Gasteiger partial charge in [-0.2, -0.15) is 0 Å². The Hall–Kier alpha value is -3.15. The van der Waals surface area contributed by atoms with Gasteiger partial charge in [-0.05, 0) is 17.7 Å². The highest BCUT2D eigenvalue weighted by molar-refractivity contribution is 5.59. The van der Waals surface area contributed by atoms with E-state index >= 15 is 0 Å². The molecule has 3 rings (SSSR count). The highest BCUT2D eigenvalue weighted by Gasteiger charge is 2.07. The van der Waals surface area contributed by atoms with E-state index in [9.17, 15) is 10.1 Å². The fourth-order valence-corrected chi connectivity index (χ4v) is 2.11. The maximum Gasteiger partial charge on any atom is 0.236 e. The Labute approximate surface area is 126 Å². The van der Waals surface area contributed by atoms with E-state index in [2.05, 4.69) is 4.98 Å². The van der Waals surface area contributed by atoms with Crippen LogP contribution in [-0.2, 0) is 6.61 Å². The van der Waals surface area contributed by atoms with Gasteiger partial charge in [0.2, 0.25) is 6.20 Å². The van der Waals surface area contributed by atoms with E-state index in [0.717, 1.165) is 11.8 Å². The first-order valence-corrected chi connectivity index (χ1v) is 6.68. The molecule has 6 heteroatoms. The van der Waals surface area contributed by atoms with E-state index in [0.29, 0.717) is 23.7 Å². The first-order valence-electron chi connectivity index (χ1n) is 6.68. The summed E-state index contributed by atoms with van der Waals surface area (Å²) in [4.78, 5) is 14.2. The van der Waals surface area contributed by atoms with Gasteiger partial charge < -0.3 is 4.74 Å². The van der Waals surface area contributed by atoms with Gasteiger partial charge in [-0.15, -0.1) is 0 Å². The normalized spacial score (nSPS) is 11.1. The van der Waals surface area contributed by atoms with Crippen LogP contribution in [0.5, 0.6) is 5.75 Å². The van der Waals surface area contributed by atoms with Crippen LogP contribution in [0.2, 0.25) is 0 Å². The van der Waals surface area contributed by atoms with E-state index in [1.54, 1.807) is 16.8 Å². The lowest BCUT2D eigenvalue weighted by Crippen LogP contribution is -1.98. The number of hydrogen-bond donors (Lipinski definition) is 0. The Kier molecular flexibility index (Phi) is 3.82. The third kappa shape index (κ3) is 2.95. The smallest absolute Gasteiger partial charge is 0.236 e. The Morgan fingerprint density at radius 1 is 1.23 bits per heavy atom. The summed E-state index contributed by atoms with van der Waals surface area (Å²) in [6, 6.07) is 13.5. The van der Waals surface area contributed by atoms with Crippen LogP contribution in [0.1, 0.15) is 11.3 Å². The highest BCUT2D eigenvalue weighted by atomic mass is 16.6. The zero-order chi connectivity index (χ0) is 15.4. The molecular formula is C16H13N3O3. The lowest BCUT2D eigenvalue weighted by Gasteiger charge is -2.07. The predicted octanol–water partition coefficient (Wildman–Crippen LogP) is 3.16.